The largest absolute Gasteiger partial charge is 0.444 e. The van der Waals surface area contributed by atoms with Gasteiger partial charge in [0.25, 0.3) is 0 Å². The van der Waals surface area contributed by atoms with Crippen molar-refractivity contribution in [3.05, 3.63) is 63.4 Å². The molecule has 8 heteroatoms. The Hall–Kier alpha value is -2.61. The SMILES string of the molecule is CC(NC(=O)OC(C)(C)C)c1nc2cc(Br)cn2c(=O)n1-c1ccccc1. The van der Waals surface area contributed by atoms with Gasteiger partial charge < -0.3 is 10.1 Å². The highest BCUT2D eigenvalue weighted by molar-refractivity contribution is 9.10. The summed E-state index contributed by atoms with van der Waals surface area (Å²) in [7, 11) is 0. The number of hydrogen-bond donors (Lipinski definition) is 1. The highest BCUT2D eigenvalue weighted by Gasteiger charge is 2.23. The van der Waals surface area contributed by atoms with Gasteiger partial charge in [0.1, 0.15) is 17.1 Å². The maximum atomic E-state index is 13.1. The van der Waals surface area contributed by atoms with E-state index >= 15 is 0 Å². The Morgan fingerprint density at radius 1 is 1.26 bits per heavy atom. The lowest BCUT2D eigenvalue weighted by atomic mass is 10.2. The van der Waals surface area contributed by atoms with Crippen LogP contribution in [0, 0.1) is 0 Å². The summed E-state index contributed by atoms with van der Waals surface area (Å²) in [6.07, 6.45) is 1.10. The Kier molecular flexibility index (Phi) is 5.10. The van der Waals surface area contributed by atoms with Gasteiger partial charge in [0, 0.05) is 10.7 Å². The molecule has 1 amide bonds. The maximum Gasteiger partial charge on any atom is 0.408 e. The van der Waals surface area contributed by atoms with Crippen LogP contribution in [0.1, 0.15) is 39.6 Å². The number of para-hydroxylation sites is 1. The van der Waals surface area contributed by atoms with Gasteiger partial charge in [-0.05, 0) is 61.8 Å². The number of nitrogens with zero attached hydrogens (tertiary/aromatic N) is 3. The predicted molar refractivity (Wildman–Crippen MR) is 106 cm³/mol. The first-order valence-electron chi connectivity index (χ1n) is 8.51. The van der Waals surface area contributed by atoms with E-state index in [-0.39, 0.29) is 5.69 Å². The summed E-state index contributed by atoms with van der Waals surface area (Å²) in [5.74, 6) is 0.412. The van der Waals surface area contributed by atoms with Crippen LogP contribution in [0.3, 0.4) is 0 Å². The van der Waals surface area contributed by atoms with Gasteiger partial charge in [-0.1, -0.05) is 18.2 Å². The number of nitrogens with one attached hydrogen (secondary N) is 1. The number of carbonyl (C=O) groups is 1. The Morgan fingerprint density at radius 2 is 1.93 bits per heavy atom. The second kappa shape index (κ2) is 7.19. The molecular weight excluding hydrogens is 412 g/mol. The van der Waals surface area contributed by atoms with Crippen LogP contribution in [0.25, 0.3) is 11.3 Å². The van der Waals surface area contributed by atoms with Gasteiger partial charge in [0.2, 0.25) is 0 Å². The standard InChI is InChI=1S/C19H21BrN4O3/c1-12(21-17(25)27-19(2,3)4)16-22-15-10-13(20)11-23(15)18(26)24(16)14-8-6-5-7-9-14/h5-12H,1-4H3,(H,21,25). The van der Waals surface area contributed by atoms with Crippen molar-refractivity contribution in [3.63, 3.8) is 0 Å². The number of halogens is 1. The highest BCUT2D eigenvalue weighted by Crippen LogP contribution is 2.19. The molecule has 27 heavy (non-hydrogen) atoms. The lowest BCUT2D eigenvalue weighted by Gasteiger charge is -2.23. The van der Waals surface area contributed by atoms with Crippen molar-refractivity contribution in [2.45, 2.75) is 39.3 Å². The molecule has 0 spiro atoms. The molecule has 2 aromatic heterocycles. The average Bonchev–Trinajstić information content (AvgIpc) is 2.94. The summed E-state index contributed by atoms with van der Waals surface area (Å²) in [4.78, 5) is 29.9. The van der Waals surface area contributed by atoms with Crippen LogP contribution in [0.4, 0.5) is 4.79 Å². The number of alkyl carbamates (subject to hydrolysis) is 1. The summed E-state index contributed by atoms with van der Waals surface area (Å²) >= 11 is 3.38. The monoisotopic (exact) mass is 432 g/mol. The van der Waals surface area contributed by atoms with E-state index in [1.165, 1.54) is 8.97 Å². The Balaban J connectivity index is 2.10. The van der Waals surface area contributed by atoms with E-state index in [9.17, 15) is 9.59 Å². The minimum Gasteiger partial charge on any atom is -0.444 e. The van der Waals surface area contributed by atoms with Crippen LogP contribution >= 0.6 is 15.9 Å². The molecule has 0 radical (unpaired) electrons. The van der Waals surface area contributed by atoms with Crippen LogP contribution < -0.4 is 11.0 Å². The van der Waals surface area contributed by atoms with E-state index in [4.69, 9.17) is 4.74 Å². The van der Waals surface area contributed by atoms with E-state index in [2.05, 4.69) is 26.2 Å². The number of amides is 1. The molecule has 0 aliphatic carbocycles. The number of hydrogen-bond acceptors (Lipinski definition) is 4. The molecule has 0 bridgehead atoms. The maximum absolute atomic E-state index is 13.1. The third-order valence-corrected chi connectivity index (χ3v) is 4.19. The molecule has 1 unspecified atom stereocenters. The molecule has 7 nitrogen and oxygen atoms in total. The second-order valence-corrected chi connectivity index (χ2v) is 8.09. The first-order chi connectivity index (χ1) is 12.7. The molecule has 1 aromatic carbocycles. The molecule has 0 aliphatic heterocycles. The zero-order valence-corrected chi connectivity index (χ0v) is 17.1. The van der Waals surface area contributed by atoms with Gasteiger partial charge in [-0.15, -0.1) is 0 Å². The minimum atomic E-state index is -0.618. The number of benzene rings is 1. The predicted octanol–water partition coefficient (Wildman–Crippen LogP) is 3.83. The normalized spacial score (nSPS) is 12.8. The first-order valence-corrected chi connectivity index (χ1v) is 9.30. The number of carbonyl (C=O) groups excluding carboxylic acids is 1. The lowest BCUT2D eigenvalue weighted by Crippen LogP contribution is -2.38. The van der Waals surface area contributed by atoms with Crippen molar-refractivity contribution in [2.24, 2.45) is 0 Å². The van der Waals surface area contributed by atoms with Crippen molar-refractivity contribution in [2.75, 3.05) is 0 Å². The second-order valence-electron chi connectivity index (χ2n) is 7.18. The van der Waals surface area contributed by atoms with Crippen LogP contribution in [0.2, 0.25) is 0 Å². The van der Waals surface area contributed by atoms with Crippen LogP contribution in [0.15, 0.2) is 51.9 Å². The molecule has 2 heterocycles. The number of rotatable bonds is 3. The van der Waals surface area contributed by atoms with E-state index in [1.54, 1.807) is 40.0 Å². The molecule has 1 N–H and O–H groups in total. The molecule has 3 aromatic rings. The fourth-order valence-corrected chi connectivity index (χ4v) is 3.10. The Labute approximate surface area is 165 Å². The van der Waals surface area contributed by atoms with Crippen molar-refractivity contribution < 1.29 is 9.53 Å². The van der Waals surface area contributed by atoms with Gasteiger partial charge in [-0.25, -0.2) is 19.1 Å². The van der Waals surface area contributed by atoms with Crippen molar-refractivity contribution in [1.82, 2.24) is 19.3 Å². The number of ether oxygens (including phenoxy) is 1. The van der Waals surface area contributed by atoms with Crippen molar-refractivity contribution in [3.8, 4) is 5.69 Å². The van der Waals surface area contributed by atoms with Gasteiger partial charge >= 0.3 is 11.8 Å². The van der Waals surface area contributed by atoms with Crippen molar-refractivity contribution in [1.29, 1.82) is 0 Å². The number of fused-ring (bicyclic) bond motifs is 1. The van der Waals surface area contributed by atoms with Crippen LogP contribution in [-0.4, -0.2) is 25.6 Å². The molecule has 0 saturated heterocycles. The van der Waals surface area contributed by atoms with E-state index in [0.29, 0.717) is 17.2 Å². The van der Waals surface area contributed by atoms with Gasteiger partial charge in [-0.3, -0.25) is 4.40 Å². The van der Waals surface area contributed by atoms with Gasteiger partial charge in [0.05, 0.1) is 11.7 Å². The quantitative estimate of drug-likeness (QED) is 0.681. The molecule has 0 saturated carbocycles. The Bertz CT molecular complexity index is 1030. The summed E-state index contributed by atoms with van der Waals surface area (Å²) < 4.78 is 9.01. The lowest BCUT2D eigenvalue weighted by molar-refractivity contribution is 0.0505. The smallest absolute Gasteiger partial charge is 0.408 e. The molecule has 0 aliphatic rings. The Morgan fingerprint density at radius 3 is 2.56 bits per heavy atom. The number of aromatic nitrogens is 3. The molecule has 3 rings (SSSR count). The minimum absolute atomic E-state index is 0.273. The van der Waals surface area contributed by atoms with E-state index < -0.39 is 17.7 Å². The van der Waals surface area contributed by atoms with E-state index in [0.717, 1.165) is 4.47 Å². The summed E-state index contributed by atoms with van der Waals surface area (Å²) in [6, 6.07) is 10.4. The van der Waals surface area contributed by atoms with Crippen LogP contribution in [-0.2, 0) is 4.74 Å². The van der Waals surface area contributed by atoms with Gasteiger partial charge in [-0.2, -0.15) is 0 Å². The van der Waals surface area contributed by atoms with Crippen molar-refractivity contribution >= 4 is 27.7 Å². The molecule has 142 valence electrons. The highest BCUT2D eigenvalue weighted by atomic mass is 79.9. The molecular formula is C19H21BrN4O3. The molecule has 1 atom stereocenters. The fraction of sp³-hybridized carbons (Fsp3) is 0.316. The average molecular weight is 433 g/mol. The topological polar surface area (TPSA) is 77.6 Å². The third-order valence-electron chi connectivity index (χ3n) is 3.76. The van der Waals surface area contributed by atoms with Crippen LogP contribution in [0.5, 0.6) is 0 Å². The van der Waals surface area contributed by atoms with E-state index in [1.807, 2.05) is 30.3 Å². The third kappa shape index (κ3) is 4.21. The summed E-state index contributed by atoms with van der Waals surface area (Å²) in [5.41, 5.74) is 0.262. The first kappa shape index (κ1) is 19.2. The zero-order valence-electron chi connectivity index (χ0n) is 15.6. The fourth-order valence-electron chi connectivity index (χ4n) is 2.69. The summed E-state index contributed by atoms with van der Waals surface area (Å²) in [5, 5.41) is 2.76. The molecule has 0 fully saturated rings. The van der Waals surface area contributed by atoms with Gasteiger partial charge in [0.15, 0.2) is 0 Å². The summed E-state index contributed by atoms with van der Waals surface area (Å²) in [6.45, 7) is 7.14. The zero-order chi connectivity index (χ0) is 19.8.